The molecule has 6 nitrogen and oxygen atoms in total. The first kappa shape index (κ1) is 19.1. The van der Waals surface area contributed by atoms with Crippen LogP contribution in [0.15, 0.2) is 23.1 Å². The number of methoxy groups -OCH3 is 1. The summed E-state index contributed by atoms with van der Waals surface area (Å²) in [7, 11) is 1.47. The number of hydrogen-bond donors (Lipinski definition) is 1. The third-order valence-corrected chi connectivity index (χ3v) is 4.99. The van der Waals surface area contributed by atoms with E-state index in [-0.39, 0.29) is 5.56 Å². The molecule has 134 valence electrons. The maximum Gasteiger partial charge on any atom is 0.342 e. The lowest BCUT2D eigenvalue weighted by molar-refractivity contribution is -0.125. The van der Waals surface area contributed by atoms with Crippen LogP contribution >= 0.6 is 11.8 Å². The molecule has 0 radical (unpaired) electrons. The second kappa shape index (κ2) is 8.77. The summed E-state index contributed by atoms with van der Waals surface area (Å²) >= 11 is 1.53. The van der Waals surface area contributed by atoms with Crippen LogP contribution in [0.3, 0.4) is 0 Å². The molecule has 0 spiro atoms. The maximum absolute atomic E-state index is 12.2. The molecule has 1 saturated carbocycles. The Labute approximate surface area is 151 Å². The van der Waals surface area contributed by atoms with Gasteiger partial charge in [0.1, 0.15) is 16.9 Å². The number of esters is 1. The van der Waals surface area contributed by atoms with Gasteiger partial charge in [-0.15, -0.1) is 11.8 Å². The van der Waals surface area contributed by atoms with Gasteiger partial charge in [-0.25, -0.2) is 4.79 Å². The lowest BCUT2D eigenvalue weighted by atomic mass is 9.83. The Hall–Kier alpha value is -2.20. The molecular weight excluding hydrogens is 340 g/mol. The van der Waals surface area contributed by atoms with E-state index in [2.05, 4.69) is 11.4 Å². The summed E-state index contributed by atoms with van der Waals surface area (Å²) in [4.78, 5) is 25.3. The number of carbonyl (C=O) groups excluding carboxylic acids is 2. The van der Waals surface area contributed by atoms with Gasteiger partial charge < -0.3 is 14.8 Å². The standard InChI is InChI=1S/C18H22N2O4S/c1-23-15-10-13(25-2)6-7-14(15)17(22)24-11-16(21)20-18(12-19)8-4-3-5-9-18/h6-7,10H,3-5,8-9,11H2,1-2H3,(H,20,21). The molecule has 25 heavy (non-hydrogen) atoms. The van der Waals surface area contributed by atoms with Gasteiger partial charge in [-0.3, -0.25) is 4.79 Å². The molecule has 1 aromatic rings. The fourth-order valence-corrected chi connectivity index (χ4v) is 3.33. The molecule has 1 aromatic carbocycles. The highest BCUT2D eigenvalue weighted by atomic mass is 32.2. The van der Waals surface area contributed by atoms with Crippen molar-refractivity contribution in [2.75, 3.05) is 20.0 Å². The van der Waals surface area contributed by atoms with Crippen molar-refractivity contribution < 1.29 is 19.1 Å². The molecule has 1 aliphatic carbocycles. The highest BCUT2D eigenvalue weighted by molar-refractivity contribution is 7.98. The summed E-state index contributed by atoms with van der Waals surface area (Å²) in [6.07, 6.45) is 6.08. The molecule has 0 aromatic heterocycles. The smallest absolute Gasteiger partial charge is 0.342 e. The lowest BCUT2D eigenvalue weighted by Crippen LogP contribution is -2.50. The molecule has 0 unspecified atom stereocenters. The molecule has 1 aliphatic rings. The van der Waals surface area contributed by atoms with Crippen molar-refractivity contribution in [1.82, 2.24) is 5.32 Å². The molecule has 1 fully saturated rings. The molecule has 0 saturated heterocycles. The van der Waals surface area contributed by atoms with E-state index in [1.165, 1.54) is 18.9 Å². The molecule has 1 amide bonds. The predicted octanol–water partition coefficient (Wildman–Crippen LogP) is 2.92. The van der Waals surface area contributed by atoms with Crippen LogP contribution in [0.2, 0.25) is 0 Å². The van der Waals surface area contributed by atoms with Crippen LogP contribution in [0.1, 0.15) is 42.5 Å². The van der Waals surface area contributed by atoms with E-state index in [0.29, 0.717) is 18.6 Å². The van der Waals surface area contributed by atoms with Gasteiger partial charge in [-0.05, 0) is 37.3 Å². The van der Waals surface area contributed by atoms with E-state index in [4.69, 9.17) is 9.47 Å². The second-order valence-electron chi connectivity index (χ2n) is 5.95. The summed E-state index contributed by atoms with van der Waals surface area (Å²) < 4.78 is 10.3. The van der Waals surface area contributed by atoms with Crippen LogP contribution in [0, 0.1) is 11.3 Å². The highest BCUT2D eigenvalue weighted by Crippen LogP contribution is 2.28. The summed E-state index contributed by atoms with van der Waals surface area (Å²) in [5.41, 5.74) is -0.569. The number of ether oxygens (including phenoxy) is 2. The van der Waals surface area contributed by atoms with E-state index >= 15 is 0 Å². The summed E-state index contributed by atoms with van der Waals surface area (Å²) in [6, 6.07) is 7.35. The van der Waals surface area contributed by atoms with Crippen molar-refractivity contribution in [1.29, 1.82) is 5.26 Å². The number of amides is 1. The quantitative estimate of drug-likeness (QED) is 0.618. The Morgan fingerprint density at radius 2 is 2.04 bits per heavy atom. The normalized spacial score (nSPS) is 15.7. The molecule has 0 bridgehead atoms. The maximum atomic E-state index is 12.2. The van der Waals surface area contributed by atoms with E-state index in [1.807, 2.05) is 6.26 Å². The molecule has 0 atom stereocenters. The van der Waals surface area contributed by atoms with Gasteiger partial charge in [-0.2, -0.15) is 5.26 Å². The van der Waals surface area contributed by atoms with Crippen LogP contribution < -0.4 is 10.1 Å². The zero-order valence-electron chi connectivity index (χ0n) is 14.5. The van der Waals surface area contributed by atoms with E-state index in [0.717, 1.165) is 24.2 Å². The number of nitriles is 1. The highest BCUT2D eigenvalue weighted by Gasteiger charge is 2.33. The van der Waals surface area contributed by atoms with Crippen molar-refractivity contribution in [2.24, 2.45) is 0 Å². The monoisotopic (exact) mass is 362 g/mol. The average molecular weight is 362 g/mol. The van der Waals surface area contributed by atoms with Crippen LogP contribution in [-0.2, 0) is 9.53 Å². The van der Waals surface area contributed by atoms with Crippen LogP contribution in [-0.4, -0.2) is 37.4 Å². The van der Waals surface area contributed by atoms with Crippen molar-refractivity contribution in [3.05, 3.63) is 23.8 Å². The number of nitrogens with zero attached hydrogens (tertiary/aromatic N) is 1. The van der Waals surface area contributed by atoms with E-state index < -0.39 is 24.0 Å². The zero-order chi connectivity index (χ0) is 18.3. The second-order valence-corrected chi connectivity index (χ2v) is 6.82. The minimum absolute atomic E-state index is 0.265. The van der Waals surface area contributed by atoms with Gasteiger partial charge in [0.25, 0.3) is 5.91 Å². The van der Waals surface area contributed by atoms with Gasteiger partial charge in [0.05, 0.1) is 13.2 Å². The number of rotatable bonds is 6. The molecule has 0 aliphatic heterocycles. The van der Waals surface area contributed by atoms with E-state index in [9.17, 15) is 14.9 Å². The molecule has 0 heterocycles. The first-order chi connectivity index (χ1) is 12.0. The Morgan fingerprint density at radius 1 is 1.32 bits per heavy atom. The molecular formula is C18H22N2O4S. The molecule has 2 rings (SSSR count). The Morgan fingerprint density at radius 3 is 2.64 bits per heavy atom. The number of nitrogens with one attached hydrogen (secondary N) is 1. The van der Waals surface area contributed by atoms with Gasteiger partial charge in [0, 0.05) is 4.90 Å². The number of carbonyl (C=O) groups is 2. The fraction of sp³-hybridized carbons (Fsp3) is 0.500. The van der Waals surface area contributed by atoms with Crippen LogP contribution in [0.5, 0.6) is 5.75 Å². The van der Waals surface area contributed by atoms with Gasteiger partial charge in [0.15, 0.2) is 6.61 Å². The van der Waals surface area contributed by atoms with Crippen molar-refractivity contribution in [3.8, 4) is 11.8 Å². The summed E-state index contributed by atoms with van der Waals surface area (Å²) in [5, 5.41) is 12.1. The Kier molecular flexibility index (Phi) is 6.71. The lowest BCUT2D eigenvalue weighted by Gasteiger charge is -2.31. The molecule has 1 N–H and O–H groups in total. The third-order valence-electron chi connectivity index (χ3n) is 4.26. The van der Waals surface area contributed by atoms with Crippen molar-refractivity contribution >= 4 is 23.6 Å². The zero-order valence-corrected chi connectivity index (χ0v) is 15.3. The van der Waals surface area contributed by atoms with Gasteiger partial charge in [-0.1, -0.05) is 19.3 Å². The summed E-state index contributed by atoms with van der Waals surface area (Å²) in [6.45, 7) is -0.421. The Bertz CT molecular complexity index is 678. The molecule has 7 heteroatoms. The third kappa shape index (κ3) is 4.89. The predicted molar refractivity (Wildman–Crippen MR) is 94.6 cm³/mol. The minimum Gasteiger partial charge on any atom is -0.496 e. The fourth-order valence-electron chi connectivity index (χ4n) is 2.90. The largest absolute Gasteiger partial charge is 0.496 e. The first-order valence-corrected chi connectivity index (χ1v) is 9.37. The number of hydrogen-bond acceptors (Lipinski definition) is 6. The minimum atomic E-state index is -0.834. The van der Waals surface area contributed by atoms with Gasteiger partial charge >= 0.3 is 5.97 Å². The van der Waals surface area contributed by atoms with E-state index in [1.54, 1.807) is 18.2 Å². The Balaban J connectivity index is 1.95. The van der Waals surface area contributed by atoms with Crippen molar-refractivity contribution in [2.45, 2.75) is 42.5 Å². The van der Waals surface area contributed by atoms with Crippen molar-refractivity contribution in [3.63, 3.8) is 0 Å². The topological polar surface area (TPSA) is 88.4 Å². The summed E-state index contributed by atoms with van der Waals surface area (Å²) in [5.74, 6) is -0.691. The van der Waals surface area contributed by atoms with Crippen LogP contribution in [0.4, 0.5) is 0 Å². The first-order valence-electron chi connectivity index (χ1n) is 8.15. The average Bonchev–Trinajstić information content (AvgIpc) is 2.66. The van der Waals surface area contributed by atoms with Gasteiger partial charge in [0.2, 0.25) is 0 Å². The number of benzene rings is 1. The SMILES string of the molecule is COc1cc(SC)ccc1C(=O)OCC(=O)NC1(C#N)CCCCC1. The van der Waals surface area contributed by atoms with Crippen LogP contribution in [0.25, 0.3) is 0 Å². The number of thioether (sulfide) groups is 1.